The van der Waals surface area contributed by atoms with Crippen molar-refractivity contribution in [1.29, 1.82) is 0 Å². The van der Waals surface area contributed by atoms with Crippen LogP contribution in [0.2, 0.25) is 0 Å². The van der Waals surface area contributed by atoms with Gasteiger partial charge in [-0.2, -0.15) is 13.2 Å². The molecule has 0 aliphatic carbocycles. The Kier molecular flexibility index (Phi) is 6.76. The molecule has 1 aliphatic heterocycles. The van der Waals surface area contributed by atoms with E-state index < -0.39 is 12.8 Å². The Labute approximate surface area is 189 Å². The average Bonchev–Trinajstić information content (AvgIpc) is 3.25. The van der Waals surface area contributed by atoms with Crippen LogP contribution >= 0.6 is 0 Å². The Balaban J connectivity index is 1.35. The van der Waals surface area contributed by atoms with Crippen LogP contribution < -0.4 is 9.47 Å². The molecule has 1 aromatic heterocycles. The van der Waals surface area contributed by atoms with Gasteiger partial charge in [-0.1, -0.05) is 18.2 Å². The largest absolute Gasteiger partial charge is 0.493 e. The first-order valence-electron chi connectivity index (χ1n) is 10.8. The van der Waals surface area contributed by atoms with Crippen molar-refractivity contribution in [1.82, 2.24) is 9.88 Å². The summed E-state index contributed by atoms with van der Waals surface area (Å²) in [7, 11) is 1.37. The van der Waals surface area contributed by atoms with Crippen LogP contribution in [0, 0.1) is 0 Å². The number of likely N-dealkylation sites (tertiary alicyclic amines) is 1. The van der Waals surface area contributed by atoms with Crippen molar-refractivity contribution in [3.63, 3.8) is 0 Å². The number of hydrogen-bond acceptors (Lipinski definition) is 5. The van der Waals surface area contributed by atoms with Gasteiger partial charge in [0.05, 0.1) is 13.0 Å². The number of carbonyl (C=O) groups is 1. The molecule has 1 fully saturated rings. The van der Waals surface area contributed by atoms with Crippen molar-refractivity contribution < 1.29 is 31.9 Å². The number of halogens is 3. The number of ether oxygens (including phenoxy) is 2. The SMILES string of the molecule is COc1cc(CCC(=O)N2CCCC(c3nc4ccccc4o3)C2)ccc1OCC(F)(F)F. The van der Waals surface area contributed by atoms with Crippen LogP contribution in [0.15, 0.2) is 46.9 Å². The lowest BCUT2D eigenvalue weighted by Gasteiger charge is -2.31. The summed E-state index contributed by atoms with van der Waals surface area (Å²) in [5.41, 5.74) is 2.34. The number of fused-ring (bicyclic) bond motifs is 1. The first kappa shape index (κ1) is 22.9. The molecule has 4 rings (SSSR count). The fourth-order valence-corrected chi connectivity index (χ4v) is 4.03. The zero-order chi connectivity index (χ0) is 23.4. The molecule has 1 amide bonds. The number of benzene rings is 2. The quantitative estimate of drug-likeness (QED) is 0.488. The maximum absolute atomic E-state index is 12.8. The van der Waals surface area contributed by atoms with Crippen molar-refractivity contribution >= 4 is 17.0 Å². The Morgan fingerprint density at radius 1 is 1.21 bits per heavy atom. The highest BCUT2D eigenvalue weighted by atomic mass is 19.4. The third kappa shape index (κ3) is 5.77. The van der Waals surface area contributed by atoms with Crippen LogP contribution in [-0.4, -0.2) is 48.8 Å². The van der Waals surface area contributed by atoms with Crippen LogP contribution in [0.1, 0.15) is 36.6 Å². The maximum Gasteiger partial charge on any atom is 0.422 e. The van der Waals surface area contributed by atoms with Gasteiger partial charge in [-0.25, -0.2) is 4.98 Å². The van der Waals surface area contributed by atoms with Crippen molar-refractivity contribution in [3.05, 3.63) is 53.9 Å². The number of carbonyl (C=O) groups excluding carboxylic acids is 1. The molecular formula is C24H25F3N2O4. The van der Waals surface area contributed by atoms with E-state index in [9.17, 15) is 18.0 Å². The van der Waals surface area contributed by atoms with Gasteiger partial charge < -0.3 is 18.8 Å². The van der Waals surface area contributed by atoms with Gasteiger partial charge in [0.15, 0.2) is 29.6 Å². The highest BCUT2D eigenvalue weighted by molar-refractivity contribution is 5.77. The molecule has 0 saturated carbocycles. The molecule has 1 aliphatic rings. The fourth-order valence-electron chi connectivity index (χ4n) is 4.03. The van der Waals surface area contributed by atoms with E-state index in [1.54, 1.807) is 12.1 Å². The first-order valence-corrected chi connectivity index (χ1v) is 10.8. The molecule has 0 radical (unpaired) electrons. The molecule has 2 aromatic carbocycles. The maximum atomic E-state index is 12.8. The van der Waals surface area contributed by atoms with E-state index in [0.29, 0.717) is 25.4 Å². The standard InChI is InChI=1S/C24H25F3N2O4/c1-31-21-13-16(8-10-20(21)32-15-24(25,26)27)9-11-22(30)29-12-4-5-17(14-29)23-28-18-6-2-3-7-19(18)33-23/h2-3,6-8,10,13,17H,4-5,9,11-12,14-15H2,1H3. The number of rotatable bonds is 7. The van der Waals surface area contributed by atoms with Crippen molar-refractivity contribution in [2.24, 2.45) is 0 Å². The number of alkyl halides is 3. The monoisotopic (exact) mass is 462 g/mol. The summed E-state index contributed by atoms with van der Waals surface area (Å²) in [5.74, 6) is 0.959. The van der Waals surface area contributed by atoms with E-state index in [2.05, 4.69) is 4.98 Å². The molecule has 176 valence electrons. The molecule has 0 spiro atoms. The number of piperidine rings is 1. The summed E-state index contributed by atoms with van der Waals surface area (Å²) < 4.78 is 53.1. The Bertz CT molecular complexity index is 1080. The van der Waals surface area contributed by atoms with E-state index in [4.69, 9.17) is 13.9 Å². The predicted molar refractivity (Wildman–Crippen MR) is 115 cm³/mol. The zero-order valence-electron chi connectivity index (χ0n) is 18.2. The molecule has 2 heterocycles. The minimum atomic E-state index is -4.43. The molecule has 3 aromatic rings. The van der Waals surface area contributed by atoms with Gasteiger partial charge in [0.1, 0.15) is 5.52 Å². The summed E-state index contributed by atoms with van der Waals surface area (Å²) in [6.07, 6.45) is -1.92. The van der Waals surface area contributed by atoms with Gasteiger partial charge in [0, 0.05) is 19.5 Å². The van der Waals surface area contributed by atoms with Crippen LogP contribution in [0.5, 0.6) is 11.5 Å². The van der Waals surface area contributed by atoms with Gasteiger partial charge in [0.25, 0.3) is 0 Å². The van der Waals surface area contributed by atoms with E-state index in [1.165, 1.54) is 13.2 Å². The summed E-state index contributed by atoms with van der Waals surface area (Å²) in [4.78, 5) is 19.3. The molecule has 6 nitrogen and oxygen atoms in total. The minimum absolute atomic E-state index is 0.0158. The molecule has 1 unspecified atom stereocenters. The van der Waals surface area contributed by atoms with Crippen molar-refractivity contribution in [2.75, 3.05) is 26.8 Å². The van der Waals surface area contributed by atoms with Gasteiger partial charge in [-0.15, -0.1) is 0 Å². The zero-order valence-corrected chi connectivity index (χ0v) is 18.2. The molecule has 9 heteroatoms. The number of hydrogen-bond donors (Lipinski definition) is 0. The molecular weight excluding hydrogens is 437 g/mol. The summed E-state index contributed by atoms with van der Waals surface area (Å²) >= 11 is 0. The van der Waals surface area contributed by atoms with Crippen molar-refractivity contribution in [3.8, 4) is 11.5 Å². The van der Waals surface area contributed by atoms with E-state index in [1.807, 2.05) is 29.2 Å². The average molecular weight is 462 g/mol. The molecule has 1 saturated heterocycles. The molecule has 0 bridgehead atoms. The Morgan fingerprint density at radius 2 is 2.03 bits per heavy atom. The lowest BCUT2D eigenvalue weighted by molar-refractivity contribution is -0.153. The third-order valence-electron chi connectivity index (χ3n) is 5.68. The summed E-state index contributed by atoms with van der Waals surface area (Å²) in [6.45, 7) is -0.153. The number of aromatic nitrogens is 1. The van der Waals surface area contributed by atoms with Crippen LogP contribution in [0.3, 0.4) is 0 Å². The van der Waals surface area contributed by atoms with Gasteiger partial charge in [0.2, 0.25) is 5.91 Å². The second-order valence-electron chi connectivity index (χ2n) is 8.09. The van der Waals surface area contributed by atoms with E-state index in [0.717, 1.165) is 29.5 Å². The number of para-hydroxylation sites is 2. The van der Waals surface area contributed by atoms with Crippen LogP contribution in [-0.2, 0) is 11.2 Å². The number of oxazole rings is 1. The molecule has 1 atom stereocenters. The first-order chi connectivity index (χ1) is 15.8. The Hall–Kier alpha value is -3.23. The van der Waals surface area contributed by atoms with Crippen LogP contribution in [0.25, 0.3) is 11.1 Å². The molecule has 33 heavy (non-hydrogen) atoms. The van der Waals surface area contributed by atoms with Gasteiger partial charge >= 0.3 is 6.18 Å². The predicted octanol–water partition coefficient (Wildman–Crippen LogP) is 5.12. The highest BCUT2D eigenvalue weighted by Crippen LogP contribution is 2.31. The number of amides is 1. The normalized spacial score (nSPS) is 16.7. The summed E-state index contributed by atoms with van der Waals surface area (Å²) in [5, 5.41) is 0. The smallest absolute Gasteiger partial charge is 0.422 e. The second-order valence-corrected chi connectivity index (χ2v) is 8.09. The minimum Gasteiger partial charge on any atom is -0.493 e. The number of methoxy groups -OCH3 is 1. The third-order valence-corrected chi connectivity index (χ3v) is 5.68. The second kappa shape index (κ2) is 9.72. The van der Waals surface area contributed by atoms with Crippen molar-refractivity contribution in [2.45, 2.75) is 37.8 Å². The van der Waals surface area contributed by atoms with E-state index in [-0.39, 0.29) is 29.7 Å². The lowest BCUT2D eigenvalue weighted by Crippen LogP contribution is -2.39. The molecule has 0 N–H and O–H groups in total. The lowest BCUT2D eigenvalue weighted by atomic mass is 9.97. The number of nitrogens with zero attached hydrogens (tertiary/aromatic N) is 2. The van der Waals surface area contributed by atoms with Crippen LogP contribution in [0.4, 0.5) is 13.2 Å². The van der Waals surface area contributed by atoms with Gasteiger partial charge in [-0.05, 0) is 49.1 Å². The van der Waals surface area contributed by atoms with Gasteiger partial charge in [-0.3, -0.25) is 4.79 Å². The number of aryl methyl sites for hydroxylation is 1. The topological polar surface area (TPSA) is 64.8 Å². The van der Waals surface area contributed by atoms with E-state index >= 15 is 0 Å². The fraction of sp³-hybridized carbons (Fsp3) is 0.417. The summed E-state index contributed by atoms with van der Waals surface area (Å²) in [6, 6.07) is 12.3. The highest BCUT2D eigenvalue weighted by Gasteiger charge is 2.29. The Morgan fingerprint density at radius 3 is 2.79 bits per heavy atom.